The number of amides is 1. The minimum atomic E-state index is -0.491. The summed E-state index contributed by atoms with van der Waals surface area (Å²) < 4.78 is 2.66. The molecule has 0 fully saturated rings. The van der Waals surface area contributed by atoms with Gasteiger partial charge in [-0.2, -0.15) is 0 Å². The van der Waals surface area contributed by atoms with Crippen LogP contribution in [0.2, 0.25) is 0 Å². The zero-order valence-corrected chi connectivity index (χ0v) is 11.7. The number of aromatic nitrogens is 2. The van der Waals surface area contributed by atoms with Crippen LogP contribution in [0.5, 0.6) is 0 Å². The second kappa shape index (κ2) is 4.31. The summed E-state index contributed by atoms with van der Waals surface area (Å²) in [6.07, 6.45) is 3.35. The Balaban J connectivity index is 2.04. The lowest BCUT2D eigenvalue weighted by molar-refractivity contribution is -0.114. The van der Waals surface area contributed by atoms with Gasteiger partial charge in [-0.25, -0.2) is 4.98 Å². The number of carbonyl (C=O) groups excluding carboxylic acids is 2. The highest BCUT2D eigenvalue weighted by Crippen LogP contribution is 2.32. The summed E-state index contributed by atoms with van der Waals surface area (Å²) in [4.78, 5) is 29.4. The van der Waals surface area contributed by atoms with E-state index < -0.39 is 11.7 Å². The van der Waals surface area contributed by atoms with Crippen LogP contribution in [0.15, 0.2) is 35.2 Å². The van der Waals surface area contributed by atoms with Crippen LogP contribution in [0.4, 0.5) is 5.69 Å². The number of fused-ring (bicyclic) bond motifs is 1. The van der Waals surface area contributed by atoms with Crippen LogP contribution in [0.25, 0.3) is 0 Å². The largest absolute Gasteiger partial charge is 0.336 e. The quantitative estimate of drug-likeness (QED) is 0.794. The van der Waals surface area contributed by atoms with Crippen molar-refractivity contribution in [2.75, 3.05) is 4.90 Å². The van der Waals surface area contributed by atoms with E-state index in [1.807, 2.05) is 11.6 Å². The van der Waals surface area contributed by atoms with E-state index in [1.54, 1.807) is 30.7 Å². The van der Waals surface area contributed by atoms with Gasteiger partial charge in [0.05, 0.1) is 29.8 Å². The summed E-state index contributed by atoms with van der Waals surface area (Å²) in [6.45, 7) is 0.338. The lowest BCUT2D eigenvalue weighted by atomic mass is 10.1. The van der Waals surface area contributed by atoms with Gasteiger partial charge in [-0.15, -0.1) is 0 Å². The average Bonchev–Trinajstić information content (AvgIpc) is 2.88. The molecule has 0 saturated carbocycles. The van der Waals surface area contributed by atoms with Gasteiger partial charge in [0, 0.05) is 17.7 Å². The predicted molar refractivity (Wildman–Crippen MR) is 72.9 cm³/mol. The number of hydrogen-bond donors (Lipinski definition) is 0. The van der Waals surface area contributed by atoms with E-state index >= 15 is 0 Å². The number of rotatable bonds is 2. The second-order valence-electron chi connectivity index (χ2n) is 4.38. The molecular weight excluding hydrogens is 310 g/mol. The molecule has 0 radical (unpaired) electrons. The van der Waals surface area contributed by atoms with Crippen molar-refractivity contribution in [2.45, 2.75) is 6.54 Å². The molecule has 0 unspecified atom stereocenters. The molecule has 19 heavy (non-hydrogen) atoms. The van der Waals surface area contributed by atoms with Gasteiger partial charge in [0.15, 0.2) is 0 Å². The molecule has 96 valence electrons. The van der Waals surface area contributed by atoms with E-state index in [4.69, 9.17) is 0 Å². The summed E-state index contributed by atoms with van der Waals surface area (Å²) in [7, 11) is 1.85. The molecule has 0 spiro atoms. The third-order valence-electron chi connectivity index (χ3n) is 3.17. The molecule has 2 aromatic rings. The third-order valence-corrected chi connectivity index (χ3v) is 3.66. The van der Waals surface area contributed by atoms with E-state index in [-0.39, 0.29) is 0 Å². The predicted octanol–water partition coefficient (Wildman–Crippen LogP) is 1.91. The van der Waals surface area contributed by atoms with Crippen molar-refractivity contribution in [1.82, 2.24) is 9.55 Å². The molecule has 1 aromatic heterocycles. The van der Waals surface area contributed by atoms with Crippen molar-refractivity contribution >= 4 is 33.3 Å². The number of hydrogen-bond acceptors (Lipinski definition) is 3. The number of aryl methyl sites for hydroxylation is 1. The number of Topliss-reactive ketones (excluding diaryl/α,β-unsaturated/α-hetero) is 1. The first-order valence-corrected chi connectivity index (χ1v) is 6.48. The number of imidazole rings is 1. The van der Waals surface area contributed by atoms with E-state index in [0.29, 0.717) is 17.8 Å². The first-order chi connectivity index (χ1) is 9.08. The SMILES string of the molecule is Cn1cncc1CN1C(=O)C(=O)c2ccc(Br)cc21. The van der Waals surface area contributed by atoms with E-state index in [2.05, 4.69) is 20.9 Å². The minimum absolute atomic E-state index is 0.338. The molecule has 1 aromatic carbocycles. The smallest absolute Gasteiger partial charge is 0.299 e. The Labute approximate surface area is 118 Å². The zero-order valence-electron chi connectivity index (χ0n) is 10.1. The monoisotopic (exact) mass is 319 g/mol. The Bertz CT molecular complexity index is 693. The Morgan fingerprint density at radius 2 is 2.11 bits per heavy atom. The van der Waals surface area contributed by atoms with Crippen molar-refractivity contribution < 1.29 is 9.59 Å². The third kappa shape index (κ3) is 1.88. The highest BCUT2D eigenvalue weighted by atomic mass is 79.9. The Kier molecular flexibility index (Phi) is 2.74. The van der Waals surface area contributed by atoms with Gasteiger partial charge in [-0.1, -0.05) is 15.9 Å². The van der Waals surface area contributed by atoms with Gasteiger partial charge in [-0.3, -0.25) is 14.5 Å². The molecular formula is C13H10BrN3O2. The standard InChI is InChI=1S/C13H10BrN3O2/c1-16-7-15-5-9(16)6-17-11-4-8(14)2-3-10(11)12(18)13(17)19/h2-5,7H,6H2,1H3. The maximum absolute atomic E-state index is 12.0. The lowest BCUT2D eigenvalue weighted by Gasteiger charge is -2.16. The number of halogens is 1. The summed E-state index contributed by atoms with van der Waals surface area (Å²) in [5.41, 5.74) is 1.97. The molecule has 0 saturated heterocycles. The second-order valence-corrected chi connectivity index (χ2v) is 5.29. The van der Waals surface area contributed by atoms with Gasteiger partial charge in [0.25, 0.3) is 11.7 Å². The summed E-state index contributed by atoms with van der Waals surface area (Å²) in [6, 6.07) is 5.22. The molecule has 5 nitrogen and oxygen atoms in total. The number of anilines is 1. The van der Waals surface area contributed by atoms with Crippen LogP contribution < -0.4 is 4.90 Å². The molecule has 0 bridgehead atoms. The molecule has 1 amide bonds. The molecule has 0 N–H and O–H groups in total. The molecule has 1 aliphatic heterocycles. The van der Waals surface area contributed by atoms with Gasteiger partial charge < -0.3 is 4.57 Å². The van der Waals surface area contributed by atoms with Crippen LogP contribution >= 0.6 is 15.9 Å². The number of ketones is 1. The summed E-state index contributed by atoms with van der Waals surface area (Å²) in [5, 5.41) is 0. The van der Waals surface area contributed by atoms with E-state index in [0.717, 1.165) is 10.2 Å². The van der Waals surface area contributed by atoms with Crippen LogP contribution in [-0.2, 0) is 18.4 Å². The minimum Gasteiger partial charge on any atom is -0.336 e. The fourth-order valence-electron chi connectivity index (χ4n) is 2.12. The number of carbonyl (C=O) groups is 2. The van der Waals surface area contributed by atoms with Gasteiger partial charge >= 0.3 is 0 Å². The first kappa shape index (κ1) is 12.1. The normalized spacial score (nSPS) is 14.1. The van der Waals surface area contributed by atoms with Crippen LogP contribution in [0, 0.1) is 0 Å². The van der Waals surface area contributed by atoms with Crippen molar-refractivity contribution in [1.29, 1.82) is 0 Å². The van der Waals surface area contributed by atoms with E-state index in [1.165, 1.54) is 4.90 Å². The van der Waals surface area contributed by atoms with Crippen molar-refractivity contribution in [3.05, 3.63) is 46.5 Å². The van der Waals surface area contributed by atoms with Crippen LogP contribution in [0.1, 0.15) is 16.1 Å². The number of nitrogens with zero attached hydrogens (tertiary/aromatic N) is 3. The lowest BCUT2D eigenvalue weighted by Crippen LogP contribution is -2.29. The highest BCUT2D eigenvalue weighted by Gasteiger charge is 2.36. The molecule has 1 aliphatic rings. The van der Waals surface area contributed by atoms with Crippen molar-refractivity contribution in [3.63, 3.8) is 0 Å². The van der Waals surface area contributed by atoms with Crippen molar-refractivity contribution in [2.24, 2.45) is 7.05 Å². The van der Waals surface area contributed by atoms with Gasteiger partial charge in [0.1, 0.15) is 0 Å². The fourth-order valence-corrected chi connectivity index (χ4v) is 2.47. The molecule has 0 atom stereocenters. The van der Waals surface area contributed by atoms with Gasteiger partial charge in [0.2, 0.25) is 0 Å². The Hall–Kier alpha value is -1.95. The van der Waals surface area contributed by atoms with Crippen LogP contribution in [-0.4, -0.2) is 21.2 Å². The average molecular weight is 320 g/mol. The molecule has 3 rings (SSSR count). The maximum Gasteiger partial charge on any atom is 0.299 e. The highest BCUT2D eigenvalue weighted by molar-refractivity contribution is 9.10. The fraction of sp³-hybridized carbons (Fsp3) is 0.154. The van der Waals surface area contributed by atoms with Crippen LogP contribution in [0.3, 0.4) is 0 Å². The van der Waals surface area contributed by atoms with E-state index in [9.17, 15) is 9.59 Å². The summed E-state index contributed by atoms with van der Waals surface area (Å²) in [5.74, 6) is -0.945. The molecule has 2 heterocycles. The Morgan fingerprint density at radius 3 is 2.79 bits per heavy atom. The number of benzene rings is 1. The van der Waals surface area contributed by atoms with Gasteiger partial charge in [-0.05, 0) is 18.2 Å². The Morgan fingerprint density at radius 1 is 1.32 bits per heavy atom. The zero-order chi connectivity index (χ0) is 13.6. The maximum atomic E-state index is 12.0. The summed E-state index contributed by atoms with van der Waals surface area (Å²) >= 11 is 3.36. The van der Waals surface area contributed by atoms with Crippen molar-refractivity contribution in [3.8, 4) is 0 Å². The topological polar surface area (TPSA) is 55.2 Å². The molecule has 6 heteroatoms. The first-order valence-electron chi connectivity index (χ1n) is 5.69. The molecule has 0 aliphatic carbocycles.